The summed E-state index contributed by atoms with van der Waals surface area (Å²) in [5.41, 5.74) is 1.25. The summed E-state index contributed by atoms with van der Waals surface area (Å²) in [7, 11) is -1.87. The molecule has 2 atom stereocenters. The number of carbonyl (C=O) groups excluding carboxylic acids is 1. The van der Waals surface area contributed by atoms with Gasteiger partial charge in [-0.15, -0.1) is 0 Å². The van der Waals surface area contributed by atoms with E-state index in [0.29, 0.717) is 6.42 Å². The van der Waals surface area contributed by atoms with Gasteiger partial charge in [-0.1, -0.05) is 59.1 Å². The zero-order chi connectivity index (χ0) is 20.8. The van der Waals surface area contributed by atoms with Crippen LogP contribution in [0.4, 0.5) is 0 Å². The molecule has 0 spiro atoms. The second-order valence-corrected chi connectivity index (χ2v) is 14.5. The third-order valence-corrected chi connectivity index (χ3v) is 10.8. The van der Waals surface area contributed by atoms with Crippen LogP contribution in [-0.4, -0.2) is 20.4 Å². The van der Waals surface area contributed by atoms with E-state index in [4.69, 9.17) is 9.16 Å². The van der Waals surface area contributed by atoms with Crippen LogP contribution in [0.3, 0.4) is 0 Å². The molecule has 0 unspecified atom stereocenters. The van der Waals surface area contributed by atoms with Gasteiger partial charge in [-0.05, 0) is 61.5 Å². The Labute approximate surface area is 173 Å². The van der Waals surface area contributed by atoms with Gasteiger partial charge in [-0.25, -0.2) is 0 Å². The number of benzene rings is 1. The molecule has 28 heavy (non-hydrogen) atoms. The van der Waals surface area contributed by atoms with Crippen LogP contribution in [0.25, 0.3) is 0 Å². The van der Waals surface area contributed by atoms with Gasteiger partial charge in [0.1, 0.15) is 11.9 Å². The Hall–Kier alpha value is -1.29. The maximum atomic E-state index is 12.3. The van der Waals surface area contributed by atoms with Gasteiger partial charge in [-0.3, -0.25) is 4.79 Å². The van der Waals surface area contributed by atoms with Crippen molar-refractivity contribution in [3.05, 3.63) is 29.8 Å². The summed E-state index contributed by atoms with van der Waals surface area (Å²) in [5, 5.41) is 0.171. The van der Waals surface area contributed by atoms with E-state index in [1.807, 2.05) is 0 Å². The van der Waals surface area contributed by atoms with Gasteiger partial charge in [0.2, 0.25) is 8.32 Å². The lowest BCUT2D eigenvalue weighted by molar-refractivity contribution is -0.151. The first-order valence-corrected chi connectivity index (χ1v) is 14.0. The van der Waals surface area contributed by atoms with Gasteiger partial charge in [0.25, 0.3) is 0 Å². The van der Waals surface area contributed by atoms with Crippen LogP contribution in [-0.2, 0) is 9.53 Å². The Kier molecular flexibility index (Phi) is 8.17. The van der Waals surface area contributed by atoms with Gasteiger partial charge in [0, 0.05) is 12.3 Å². The normalized spacial score (nSPS) is 20.6. The molecular weight excluding hydrogens is 364 g/mol. The summed E-state index contributed by atoms with van der Waals surface area (Å²) in [4.78, 5) is 12.3. The predicted octanol–water partition coefficient (Wildman–Crippen LogP) is 7.22. The molecule has 2 rings (SSSR count). The second kappa shape index (κ2) is 9.95. The standard InChI is InChI=1S/C24H40O3Si/c1-7-8-9-17-23(25)26-22-16-11-10-15-21(22)19-13-12-14-20(18-19)27-28(5,6)24(2,3)4/h12-14,18,21-22H,7-11,15-17H2,1-6H3/t21-,22+/m0/s1. The number of hydrogen-bond donors (Lipinski definition) is 0. The van der Waals surface area contributed by atoms with Crippen LogP contribution < -0.4 is 4.43 Å². The van der Waals surface area contributed by atoms with E-state index in [1.54, 1.807) is 0 Å². The van der Waals surface area contributed by atoms with Crippen molar-refractivity contribution >= 4 is 14.3 Å². The smallest absolute Gasteiger partial charge is 0.306 e. The Morgan fingerprint density at radius 1 is 1.14 bits per heavy atom. The molecule has 4 heteroatoms. The molecule has 1 saturated carbocycles. The molecule has 0 amide bonds. The summed E-state index contributed by atoms with van der Waals surface area (Å²) in [6.45, 7) is 13.5. The van der Waals surface area contributed by atoms with E-state index in [0.717, 1.165) is 44.3 Å². The average molecular weight is 405 g/mol. The summed E-state index contributed by atoms with van der Waals surface area (Å²) in [6, 6.07) is 8.52. The van der Waals surface area contributed by atoms with Crippen LogP contribution in [0, 0.1) is 0 Å². The van der Waals surface area contributed by atoms with Crippen molar-refractivity contribution in [1.82, 2.24) is 0 Å². The lowest BCUT2D eigenvalue weighted by Gasteiger charge is -2.37. The highest BCUT2D eigenvalue weighted by molar-refractivity contribution is 6.74. The molecule has 1 aromatic rings. The number of unbranched alkanes of at least 4 members (excludes halogenated alkanes) is 2. The number of rotatable bonds is 8. The lowest BCUT2D eigenvalue weighted by atomic mass is 9.81. The Bertz CT molecular complexity index is 633. The SMILES string of the molecule is CCCCCC(=O)O[C@@H]1CCCC[C@H]1c1cccc(O[Si](C)(C)C(C)(C)C)c1. The van der Waals surface area contributed by atoms with Crippen molar-refractivity contribution in [2.24, 2.45) is 0 Å². The number of esters is 1. The first kappa shape index (κ1) is 23.0. The van der Waals surface area contributed by atoms with E-state index >= 15 is 0 Å². The molecule has 1 aliphatic rings. The Morgan fingerprint density at radius 3 is 2.54 bits per heavy atom. The Morgan fingerprint density at radius 2 is 1.86 bits per heavy atom. The monoisotopic (exact) mass is 404 g/mol. The molecule has 3 nitrogen and oxygen atoms in total. The molecule has 0 radical (unpaired) electrons. The van der Waals surface area contributed by atoms with Gasteiger partial charge in [-0.2, -0.15) is 0 Å². The highest BCUT2D eigenvalue weighted by Gasteiger charge is 2.39. The number of hydrogen-bond acceptors (Lipinski definition) is 3. The maximum Gasteiger partial charge on any atom is 0.306 e. The summed E-state index contributed by atoms with van der Waals surface area (Å²) in [5.74, 6) is 1.22. The third-order valence-electron chi connectivity index (χ3n) is 6.44. The molecule has 1 aliphatic carbocycles. The minimum absolute atomic E-state index is 0.00555. The molecular formula is C24H40O3Si. The quantitative estimate of drug-likeness (QED) is 0.261. The molecule has 158 valence electrons. The first-order chi connectivity index (χ1) is 13.1. The second-order valence-electron chi connectivity index (χ2n) is 9.81. The topological polar surface area (TPSA) is 35.5 Å². The minimum Gasteiger partial charge on any atom is -0.543 e. The number of ether oxygens (including phenoxy) is 1. The molecule has 0 saturated heterocycles. The van der Waals surface area contributed by atoms with Crippen LogP contribution >= 0.6 is 0 Å². The van der Waals surface area contributed by atoms with Crippen molar-refractivity contribution in [3.63, 3.8) is 0 Å². The van der Waals surface area contributed by atoms with E-state index in [-0.39, 0.29) is 23.0 Å². The fourth-order valence-electron chi connectivity index (χ4n) is 3.62. The van der Waals surface area contributed by atoms with Crippen molar-refractivity contribution < 1.29 is 14.0 Å². The van der Waals surface area contributed by atoms with Crippen molar-refractivity contribution in [1.29, 1.82) is 0 Å². The predicted molar refractivity (Wildman–Crippen MR) is 119 cm³/mol. The van der Waals surface area contributed by atoms with Gasteiger partial charge < -0.3 is 9.16 Å². The van der Waals surface area contributed by atoms with Crippen LogP contribution in [0.1, 0.15) is 90.5 Å². The zero-order valence-corrected chi connectivity index (χ0v) is 19.8. The van der Waals surface area contributed by atoms with Crippen LogP contribution in [0.15, 0.2) is 24.3 Å². The average Bonchev–Trinajstić information content (AvgIpc) is 2.61. The molecule has 0 aliphatic heterocycles. The molecule has 0 aromatic heterocycles. The highest BCUT2D eigenvalue weighted by atomic mass is 28.4. The molecule has 0 N–H and O–H groups in total. The van der Waals surface area contributed by atoms with E-state index < -0.39 is 8.32 Å². The van der Waals surface area contributed by atoms with E-state index in [9.17, 15) is 4.79 Å². The fourth-order valence-corrected chi connectivity index (χ4v) is 4.65. The van der Waals surface area contributed by atoms with Gasteiger partial charge in [0.15, 0.2) is 0 Å². The molecule has 0 heterocycles. The molecule has 0 bridgehead atoms. The van der Waals surface area contributed by atoms with Crippen LogP contribution in [0.5, 0.6) is 5.75 Å². The third kappa shape index (κ3) is 6.37. The maximum absolute atomic E-state index is 12.3. The van der Waals surface area contributed by atoms with Crippen molar-refractivity contribution in [2.45, 2.75) is 109 Å². The molecule has 1 aromatic carbocycles. The molecule has 1 fully saturated rings. The summed E-state index contributed by atoms with van der Waals surface area (Å²) in [6.07, 6.45) is 8.09. The summed E-state index contributed by atoms with van der Waals surface area (Å²) < 4.78 is 12.4. The summed E-state index contributed by atoms with van der Waals surface area (Å²) >= 11 is 0. The number of carbonyl (C=O) groups is 1. The lowest BCUT2D eigenvalue weighted by Crippen LogP contribution is -2.43. The zero-order valence-electron chi connectivity index (χ0n) is 18.8. The minimum atomic E-state index is -1.87. The first-order valence-electron chi connectivity index (χ1n) is 11.1. The van der Waals surface area contributed by atoms with Crippen LogP contribution in [0.2, 0.25) is 18.1 Å². The van der Waals surface area contributed by atoms with Gasteiger partial charge in [0.05, 0.1) is 0 Å². The van der Waals surface area contributed by atoms with Crippen molar-refractivity contribution in [3.8, 4) is 5.75 Å². The Balaban J connectivity index is 2.10. The van der Waals surface area contributed by atoms with E-state index in [2.05, 4.69) is 65.1 Å². The van der Waals surface area contributed by atoms with E-state index in [1.165, 1.54) is 12.0 Å². The highest BCUT2D eigenvalue weighted by Crippen LogP contribution is 2.40. The fraction of sp³-hybridized carbons (Fsp3) is 0.708. The van der Waals surface area contributed by atoms with Crippen molar-refractivity contribution in [2.75, 3.05) is 0 Å². The largest absolute Gasteiger partial charge is 0.543 e. The van der Waals surface area contributed by atoms with Gasteiger partial charge >= 0.3 is 5.97 Å².